The topological polar surface area (TPSA) is 48.2 Å². The van der Waals surface area contributed by atoms with Gasteiger partial charge in [-0.3, -0.25) is 0 Å². The van der Waals surface area contributed by atoms with Gasteiger partial charge in [0.25, 0.3) is 0 Å². The Hall–Kier alpha value is -2.88. The molecule has 0 aliphatic rings. The summed E-state index contributed by atoms with van der Waals surface area (Å²) in [6.45, 7) is 4.09. The van der Waals surface area contributed by atoms with Crippen molar-refractivity contribution in [3.63, 3.8) is 0 Å². The van der Waals surface area contributed by atoms with Crippen LogP contribution in [0.1, 0.15) is 0 Å². The lowest BCUT2D eigenvalue weighted by Gasteiger charge is -2.03. The monoisotopic (exact) mass is 278 g/mol. The zero-order valence-corrected chi connectivity index (χ0v) is 11.4. The molecule has 0 aliphatic carbocycles. The number of hydrogen-bond acceptors (Lipinski definition) is 4. The summed E-state index contributed by atoms with van der Waals surface area (Å²) in [5.74, 6) is 1.72. The lowest BCUT2D eigenvalue weighted by Crippen LogP contribution is -1.92. The summed E-state index contributed by atoms with van der Waals surface area (Å²) in [5.41, 5.74) is 1.72. The number of aromatic nitrogens is 2. The molecule has 0 atom stereocenters. The van der Waals surface area contributed by atoms with Crippen molar-refractivity contribution in [2.75, 3.05) is 6.61 Å². The van der Waals surface area contributed by atoms with Crippen LogP contribution < -0.4 is 4.74 Å². The molecule has 21 heavy (non-hydrogen) atoms. The standard InChI is InChI=1S/C17H14N2O2/c1-2-11-20-15-10-6-9-14(12-15)17-19-18-16(21-17)13-7-4-3-5-8-13/h2-10,12H,1,11H2. The molecule has 4 nitrogen and oxygen atoms in total. The summed E-state index contributed by atoms with van der Waals surface area (Å²) in [5, 5.41) is 8.17. The van der Waals surface area contributed by atoms with E-state index in [-0.39, 0.29) is 0 Å². The maximum atomic E-state index is 5.72. The van der Waals surface area contributed by atoms with E-state index in [0.717, 1.165) is 16.9 Å². The molecule has 0 amide bonds. The number of rotatable bonds is 5. The average molecular weight is 278 g/mol. The van der Waals surface area contributed by atoms with Gasteiger partial charge in [0.2, 0.25) is 11.8 Å². The van der Waals surface area contributed by atoms with Gasteiger partial charge in [-0.15, -0.1) is 10.2 Å². The number of hydrogen-bond donors (Lipinski definition) is 0. The van der Waals surface area contributed by atoms with Crippen LogP contribution in [0.15, 0.2) is 71.7 Å². The van der Waals surface area contributed by atoms with Gasteiger partial charge in [-0.2, -0.15) is 0 Å². The number of ether oxygens (including phenoxy) is 1. The van der Waals surface area contributed by atoms with Gasteiger partial charge in [-0.25, -0.2) is 0 Å². The maximum absolute atomic E-state index is 5.72. The van der Waals surface area contributed by atoms with Crippen molar-refractivity contribution in [2.45, 2.75) is 0 Å². The second-order valence-corrected chi connectivity index (χ2v) is 4.41. The summed E-state index contributed by atoms with van der Waals surface area (Å²) in [7, 11) is 0. The van der Waals surface area contributed by atoms with Crippen LogP contribution in [0, 0.1) is 0 Å². The van der Waals surface area contributed by atoms with Crippen molar-refractivity contribution >= 4 is 0 Å². The molecule has 4 heteroatoms. The average Bonchev–Trinajstić information content (AvgIpc) is 3.04. The molecule has 2 aromatic carbocycles. The van der Waals surface area contributed by atoms with E-state index in [0.29, 0.717) is 18.4 Å². The van der Waals surface area contributed by atoms with Crippen LogP contribution in [0.3, 0.4) is 0 Å². The minimum absolute atomic E-state index is 0.461. The van der Waals surface area contributed by atoms with Gasteiger partial charge in [0.05, 0.1) is 0 Å². The molecular weight excluding hydrogens is 264 g/mol. The summed E-state index contributed by atoms with van der Waals surface area (Å²) in [6, 6.07) is 17.2. The fourth-order valence-corrected chi connectivity index (χ4v) is 1.91. The second kappa shape index (κ2) is 6.05. The molecule has 0 spiro atoms. The molecule has 0 aliphatic heterocycles. The molecule has 1 aromatic heterocycles. The van der Waals surface area contributed by atoms with E-state index >= 15 is 0 Å². The van der Waals surface area contributed by atoms with Gasteiger partial charge < -0.3 is 9.15 Å². The van der Waals surface area contributed by atoms with Crippen LogP contribution >= 0.6 is 0 Å². The molecular formula is C17H14N2O2. The van der Waals surface area contributed by atoms with Gasteiger partial charge in [0.1, 0.15) is 12.4 Å². The fraction of sp³-hybridized carbons (Fsp3) is 0.0588. The Balaban J connectivity index is 1.88. The zero-order chi connectivity index (χ0) is 14.5. The normalized spacial score (nSPS) is 10.3. The highest BCUT2D eigenvalue weighted by atomic mass is 16.5. The highest BCUT2D eigenvalue weighted by Crippen LogP contribution is 2.26. The van der Waals surface area contributed by atoms with Crippen LogP contribution in [0.2, 0.25) is 0 Å². The first-order valence-electron chi connectivity index (χ1n) is 6.60. The molecule has 104 valence electrons. The first kappa shape index (κ1) is 13.1. The molecule has 0 unspecified atom stereocenters. The van der Waals surface area contributed by atoms with Crippen LogP contribution in [0.25, 0.3) is 22.9 Å². The lowest BCUT2D eigenvalue weighted by molar-refractivity contribution is 0.363. The fourth-order valence-electron chi connectivity index (χ4n) is 1.91. The Kier molecular flexibility index (Phi) is 3.78. The summed E-state index contributed by atoms with van der Waals surface area (Å²) in [6.07, 6.45) is 1.70. The smallest absolute Gasteiger partial charge is 0.248 e. The third-order valence-electron chi connectivity index (χ3n) is 2.89. The summed E-state index contributed by atoms with van der Waals surface area (Å²) < 4.78 is 11.2. The van der Waals surface area contributed by atoms with E-state index in [9.17, 15) is 0 Å². The highest BCUT2D eigenvalue weighted by molar-refractivity contribution is 5.59. The predicted octanol–water partition coefficient (Wildman–Crippen LogP) is 3.97. The van der Waals surface area contributed by atoms with E-state index in [1.54, 1.807) is 6.08 Å². The van der Waals surface area contributed by atoms with Gasteiger partial charge in [-0.05, 0) is 30.3 Å². The molecule has 0 saturated carbocycles. The predicted molar refractivity (Wildman–Crippen MR) is 80.9 cm³/mol. The molecule has 0 bridgehead atoms. The van der Waals surface area contributed by atoms with Gasteiger partial charge in [0, 0.05) is 11.1 Å². The quantitative estimate of drug-likeness (QED) is 0.663. The Bertz CT molecular complexity index is 735. The van der Waals surface area contributed by atoms with Crippen molar-refractivity contribution in [3.05, 3.63) is 67.3 Å². The maximum Gasteiger partial charge on any atom is 0.248 e. The first-order chi connectivity index (χ1) is 10.4. The third kappa shape index (κ3) is 3.00. The van der Waals surface area contributed by atoms with E-state index in [1.807, 2.05) is 54.6 Å². The van der Waals surface area contributed by atoms with Crippen molar-refractivity contribution < 1.29 is 9.15 Å². The van der Waals surface area contributed by atoms with Crippen molar-refractivity contribution in [1.29, 1.82) is 0 Å². The van der Waals surface area contributed by atoms with E-state index < -0.39 is 0 Å². The Morgan fingerprint density at radius 2 is 1.67 bits per heavy atom. The minimum Gasteiger partial charge on any atom is -0.490 e. The van der Waals surface area contributed by atoms with Crippen LogP contribution in [-0.4, -0.2) is 16.8 Å². The van der Waals surface area contributed by atoms with Crippen LogP contribution in [0.5, 0.6) is 5.75 Å². The molecule has 1 heterocycles. The van der Waals surface area contributed by atoms with Crippen molar-refractivity contribution in [2.24, 2.45) is 0 Å². The zero-order valence-electron chi connectivity index (χ0n) is 11.4. The van der Waals surface area contributed by atoms with E-state index in [4.69, 9.17) is 9.15 Å². The van der Waals surface area contributed by atoms with Crippen LogP contribution in [0.4, 0.5) is 0 Å². The Morgan fingerprint density at radius 1 is 0.952 bits per heavy atom. The summed E-state index contributed by atoms with van der Waals surface area (Å²) >= 11 is 0. The molecule has 3 aromatic rings. The van der Waals surface area contributed by atoms with Gasteiger partial charge in [-0.1, -0.05) is 36.9 Å². The lowest BCUT2D eigenvalue weighted by atomic mass is 10.2. The van der Waals surface area contributed by atoms with Crippen molar-refractivity contribution in [1.82, 2.24) is 10.2 Å². The number of benzene rings is 2. The van der Waals surface area contributed by atoms with Gasteiger partial charge >= 0.3 is 0 Å². The number of nitrogens with zero attached hydrogens (tertiary/aromatic N) is 2. The van der Waals surface area contributed by atoms with Crippen molar-refractivity contribution in [3.8, 4) is 28.7 Å². The van der Waals surface area contributed by atoms with Gasteiger partial charge in [0.15, 0.2) is 0 Å². The first-order valence-corrected chi connectivity index (χ1v) is 6.60. The highest BCUT2D eigenvalue weighted by Gasteiger charge is 2.10. The van der Waals surface area contributed by atoms with E-state index in [1.165, 1.54) is 0 Å². The molecule has 3 rings (SSSR count). The molecule has 0 radical (unpaired) electrons. The largest absolute Gasteiger partial charge is 0.490 e. The third-order valence-corrected chi connectivity index (χ3v) is 2.89. The van der Waals surface area contributed by atoms with Crippen LogP contribution in [-0.2, 0) is 0 Å². The minimum atomic E-state index is 0.461. The Morgan fingerprint density at radius 3 is 2.43 bits per heavy atom. The Labute approximate surface area is 122 Å². The molecule has 0 saturated heterocycles. The SMILES string of the molecule is C=CCOc1cccc(-c2nnc(-c3ccccc3)o2)c1. The second-order valence-electron chi connectivity index (χ2n) is 4.41. The molecule has 0 fully saturated rings. The summed E-state index contributed by atoms with van der Waals surface area (Å²) in [4.78, 5) is 0. The molecule has 0 N–H and O–H groups in total. The van der Waals surface area contributed by atoms with E-state index in [2.05, 4.69) is 16.8 Å².